The van der Waals surface area contributed by atoms with Crippen molar-refractivity contribution in [2.45, 2.75) is 13.5 Å². The van der Waals surface area contributed by atoms with Gasteiger partial charge in [-0.3, -0.25) is 9.59 Å². The zero-order chi connectivity index (χ0) is 23.4. The molecule has 4 amide bonds. The normalized spacial score (nSPS) is 13.2. The molecule has 4 rings (SSSR count). The second kappa shape index (κ2) is 9.43. The molecule has 170 valence electrons. The van der Waals surface area contributed by atoms with Crippen LogP contribution in [0.3, 0.4) is 0 Å². The monoisotopic (exact) mass is 449 g/mol. The van der Waals surface area contributed by atoms with Gasteiger partial charge in [0.1, 0.15) is 5.75 Å². The number of amides is 4. The van der Waals surface area contributed by atoms with E-state index >= 15 is 0 Å². The van der Waals surface area contributed by atoms with Gasteiger partial charge in [-0.25, -0.2) is 14.7 Å². The largest absolute Gasteiger partial charge is 0.497 e. The van der Waals surface area contributed by atoms with Gasteiger partial charge in [-0.15, -0.1) is 0 Å². The van der Waals surface area contributed by atoms with Gasteiger partial charge in [-0.2, -0.15) is 0 Å². The Hall–Kier alpha value is -4.34. The summed E-state index contributed by atoms with van der Waals surface area (Å²) in [4.78, 5) is 43.6. The van der Waals surface area contributed by atoms with Crippen LogP contribution in [-0.2, 0) is 11.3 Å². The van der Waals surface area contributed by atoms with Gasteiger partial charge in [0.25, 0.3) is 5.91 Å². The van der Waals surface area contributed by atoms with Crippen molar-refractivity contribution in [3.05, 3.63) is 66.1 Å². The summed E-state index contributed by atoms with van der Waals surface area (Å²) in [6.45, 7) is 2.78. The fourth-order valence-corrected chi connectivity index (χ4v) is 3.39. The van der Waals surface area contributed by atoms with E-state index in [-0.39, 0.29) is 23.7 Å². The topological polar surface area (TPSA) is 117 Å². The lowest BCUT2D eigenvalue weighted by atomic mass is 10.2. The highest BCUT2D eigenvalue weighted by molar-refractivity contribution is 6.02. The summed E-state index contributed by atoms with van der Waals surface area (Å²) < 4.78 is 10.7. The third kappa shape index (κ3) is 5.12. The number of rotatable bonds is 7. The highest BCUT2D eigenvalue weighted by Crippen LogP contribution is 2.23. The molecule has 10 heteroatoms. The summed E-state index contributed by atoms with van der Waals surface area (Å²) in [6, 6.07) is 14.0. The van der Waals surface area contributed by atoms with Crippen LogP contribution in [-0.4, -0.2) is 47.9 Å². The number of methoxy groups -OCH3 is 1. The minimum atomic E-state index is -0.497. The van der Waals surface area contributed by atoms with E-state index in [1.807, 2.05) is 24.3 Å². The van der Waals surface area contributed by atoms with Gasteiger partial charge >= 0.3 is 12.0 Å². The molecule has 0 aliphatic carbocycles. The van der Waals surface area contributed by atoms with E-state index in [9.17, 15) is 14.4 Å². The Morgan fingerprint density at radius 1 is 1.03 bits per heavy atom. The zero-order valence-electron chi connectivity index (χ0n) is 18.2. The zero-order valence-corrected chi connectivity index (χ0v) is 18.2. The Kier molecular flexibility index (Phi) is 6.25. The lowest BCUT2D eigenvalue weighted by Crippen LogP contribution is -2.31. The van der Waals surface area contributed by atoms with Gasteiger partial charge in [0.2, 0.25) is 11.7 Å². The molecule has 2 heterocycles. The first-order chi connectivity index (χ1) is 15.9. The van der Waals surface area contributed by atoms with Crippen molar-refractivity contribution in [2.24, 2.45) is 0 Å². The van der Waals surface area contributed by atoms with Crippen LogP contribution in [0.4, 0.5) is 22.2 Å². The molecule has 0 atom stereocenters. The van der Waals surface area contributed by atoms with Crippen LogP contribution in [0.5, 0.6) is 5.75 Å². The van der Waals surface area contributed by atoms with Crippen molar-refractivity contribution in [1.29, 1.82) is 0 Å². The van der Waals surface area contributed by atoms with Crippen LogP contribution in [0.15, 0.2) is 59.1 Å². The second-order valence-corrected chi connectivity index (χ2v) is 7.42. The molecule has 0 unspecified atom stereocenters. The van der Waals surface area contributed by atoms with E-state index in [4.69, 9.17) is 9.15 Å². The fraction of sp³-hybridized carbons (Fsp3) is 0.217. The smallest absolute Gasteiger partial charge is 0.328 e. The molecule has 0 bridgehead atoms. The molecule has 3 aromatic rings. The summed E-state index contributed by atoms with van der Waals surface area (Å²) in [6.07, 6.45) is 1.29. The van der Waals surface area contributed by atoms with E-state index in [0.717, 1.165) is 11.3 Å². The number of carbonyl (C=O) groups excluding carboxylic acids is 3. The van der Waals surface area contributed by atoms with Crippen LogP contribution >= 0.6 is 0 Å². The van der Waals surface area contributed by atoms with E-state index in [1.54, 1.807) is 36.3 Å². The molecule has 1 aromatic heterocycles. The van der Waals surface area contributed by atoms with Gasteiger partial charge in [0.15, 0.2) is 0 Å². The summed E-state index contributed by atoms with van der Waals surface area (Å²) in [5.41, 5.74) is 2.12. The Balaban J connectivity index is 1.36. The summed E-state index contributed by atoms with van der Waals surface area (Å²) in [5, 5.41) is 5.35. The molecule has 1 aliphatic heterocycles. The lowest BCUT2D eigenvalue weighted by Gasteiger charge is -2.16. The maximum atomic E-state index is 12.8. The number of oxazole rings is 1. The summed E-state index contributed by atoms with van der Waals surface area (Å²) in [5.74, 6) is 0.0579. The van der Waals surface area contributed by atoms with Gasteiger partial charge < -0.3 is 24.7 Å². The summed E-state index contributed by atoms with van der Waals surface area (Å²) >= 11 is 0. The van der Waals surface area contributed by atoms with Crippen molar-refractivity contribution < 1.29 is 23.5 Å². The Morgan fingerprint density at radius 3 is 2.33 bits per heavy atom. The van der Waals surface area contributed by atoms with Gasteiger partial charge in [-0.05, 0) is 42.0 Å². The Labute approximate surface area is 190 Å². The third-order valence-corrected chi connectivity index (χ3v) is 5.04. The van der Waals surface area contributed by atoms with Crippen LogP contribution in [0.2, 0.25) is 0 Å². The molecule has 2 N–H and O–H groups in total. The van der Waals surface area contributed by atoms with Crippen molar-refractivity contribution in [1.82, 2.24) is 9.88 Å². The average molecular weight is 449 g/mol. The molecular formula is C23H23N5O5. The first kappa shape index (κ1) is 21.9. The van der Waals surface area contributed by atoms with Crippen LogP contribution in [0.25, 0.3) is 0 Å². The van der Waals surface area contributed by atoms with Crippen molar-refractivity contribution in [3.8, 4) is 5.75 Å². The van der Waals surface area contributed by atoms with Crippen molar-refractivity contribution >= 4 is 35.2 Å². The number of carbonyl (C=O) groups is 3. The quantitative estimate of drug-likeness (QED) is 0.571. The minimum Gasteiger partial charge on any atom is -0.497 e. The van der Waals surface area contributed by atoms with E-state index < -0.39 is 5.91 Å². The number of urea groups is 1. The van der Waals surface area contributed by atoms with E-state index in [2.05, 4.69) is 15.6 Å². The Morgan fingerprint density at radius 2 is 1.70 bits per heavy atom. The van der Waals surface area contributed by atoms with Crippen LogP contribution in [0.1, 0.15) is 23.0 Å². The molecule has 10 nitrogen and oxygen atoms in total. The average Bonchev–Trinajstić information content (AvgIpc) is 3.43. The maximum absolute atomic E-state index is 12.8. The standard InChI is InChI=1S/C23H23N5O5/c1-15(29)25-17-5-7-18(8-6-17)26-21(30)20-13-24-22(33-20)28-12-11-27(23(28)31)14-16-3-9-19(32-2)10-4-16/h3-10,13H,11-12,14H2,1-2H3,(H,25,29)(H,26,30). The van der Waals surface area contributed by atoms with Crippen LogP contribution in [0, 0.1) is 0 Å². The number of ether oxygens (including phenoxy) is 1. The first-order valence-electron chi connectivity index (χ1n) is 10.3. The molecular weight excluding hydrogens is 426 g/mol. The highest BCUT2D eigenvalue weighted by Gasteiger charge is 2.33. The first-order valence-corrected chi connectivity index (χ1v) is 10.3. The molecule has 0 radical (unpaired) electrons. The number of benzene rings is 2. The lowest BCUT2D eigenvalue weighted by molar-refractivity contribution is -0.114. The number of nitrogens with zero attached hydrogens (tertiary/aromatic N) is 3. The molecule has 1 fully saturated rings. The third-order valence-electron chi connectivity index (χ3n) is 5.04. The fourth-order valence-electron chi connectivity index (χ4n) is 3.39. The number of aromatic nitrogens is 1. The Bertz CT molecular complexity index is 1160. The van der Waals surface area contributed by atoms with Gasteiger partial charge in [0.05, 0.1) is 13.3 Å². The predicted molar refractivity (Wildman–Crippen MR) is 121 cm³/mol. The second-order valence-electron chi connectivity index (χ2n) is 7.42. The SMILES string of the molecule is COc1ccc(CN2CCN(c3ncc(C(=O)Nc4ccc(NC(C)=O)cc4)o3)C2=O)cc1. The van der Waals surface area contributed by atoms with Gasteiger partial charge in [0, 0.05) is 37.9 Å². The molecule has 0 spiro atoms. The molecule has 0 saturated carbocycles. The minimum absolute atomic E-state index is 0.0164. The van der Waals surface area contributed by atoms with E-state index in [0.29, 0.717) is 31.0 Å². The molecule has 2 aromatic carbocycles. The number of hydrogen-bond acceptors (Lipinski definition) is 6. The van der Waals surface area contributed by atoms with E-state index in [1.165, 1.54) is 18.0 Å². The van der Waals surface area contributed by atoms with Crippen molar-refractivity contribution in [3.63, 3.8) is 0 Å². The number of anilines is 3. The molecule has 33 heavy (non-hydrogen) atoms. The maximum Gasteiger partial charge on any atom is 0.328 e. The molecule has 1 aliphatic rings. The number of hydrogen-bond donors (Lipinski definition) is 2. The van der Waals surface area contributed by atoms with Gasteiger partial charge in [-0.1, -0.05) is 12.1 Å². The number of nitrogens with one attached hydrogen (secondary N) is 2. The van der Waals surface area contributed by atoms with Crippen LogP contribution < -0.4 is 20.3 Å². The predicted octanol–water partition coefficient (Wildman–Crippen LogP) is 3.34. The highest BCUT2D eigenvalue weighted by atomic mass is 16.5. The van der Waals surface area contributed by atoms with Crippen molar-refractivity contribution in [2.75, 3.05) is 35.7 Å². The summed E-state index contributed by atoms with van der Waals surface area (Å²) in [7, 11) is 1.60. The molecule has 1 saturated heterocycles.